The highest BCUT2D eigenvalue weighted by molar-refractivity contribution is 5.94. The lowest BCUT2D eigenvalue weighted by atomic mass is 10.2. The zero-order valence-electron chi connectivity index (χ0n) is 18.2. The molecule has 0 saturated carbocycles. The average molecular weight is 394 g/mol. The Bertz CT molecular complexity index is 637. The van der Waals surface area contributed by atoms with Crippen LogP contribution in [0.25, 0.3) is 0 Å². The van der Waals surface area contributed by atoms with Gasteiger partial charge in [0.25, 0.3) is 11.8 Å². The van der Waals surface area contributed by atoms with Crippen molar-refractivity contribution in [3.8, 4) is 11.5 Å². The highest BCUT2D eigenvalue weighted by atomic mass is 16.5. The Morgan fingerprint density at radius 1 is 1.04 bits per heavy atom. The van der Waals surface area contributed by atoms with Crippen LogP contribution < -0.4 is 20.1 Å². The van der Waals surface area contributed by atoms with Gasteiger partial charge in [0, 0.05) is 36.8 Å². The summed E-state index contributed by atoms with van der Waals surface area (Å²) in [6.07, 6.45) is 0. The molecule has 28 heavy (non-hydrogen) atoms. The Kier molecular flexibility index (Phi) is 9.79. The van der Waals surface area contributed by atoms with Gasteiger partial charge in [-0.1, -0.05) is 0 Å². The van der Waals surface area contributed by atoms with Gasteiger partial charge in [-0.2, -0.15) is 0 Å². The van der Waals surface area contributed by atoms with E-state index in [0.717, 1.165) is 6.54 Å². The quantitative estimate of drug-likeness (QED) is 0.604. The lowest BCUT2D eigenvalue weighted by Crippen LogP contribution is -2.42. The van der Waals surface area contributed by atoms with E-state index in [1.54, 1.807) is 18.2 Å². The fourth-order valence-corrected chi connectivity index (χ4v) is 2.95. The zero-order chi connectivity index (χ0) is 21.3. The van der Waals surface area contributed by atoms with E-state index in [1.807, 2.05) is 13.8 Å². The van der Waals surface area contributed by atoms with Crippen molar-refractivity contribution < 1.29 is 19.1 Å². The smallest absolute Gasteiger partial charge is 0.258 e. The van der Waals surface area contributed by atoms with Crippen LogP contribution in [0.3, 0.4) is 0 Å². The molecule has 1 rings (SSSR count). The Morgan fingerprint density at radius 3 is 2.21 bits per heavy atom. The minimum absolute atomic E-state index is 0.0476. The summed E-state index contributed by atoms with van der Waals surface area (Å²) in [5.41, 5.74) is 0.483. The van der Waals surface area contributed by atoms with Gasteiger partial charge in [-0.25, -0.2) is 0 Å². The second kappa shape index (κ2) is 11.5. The summed E-state index contributed by atoms with van der Waals surface area (Å²) in [4.78, 5) is 26.5. The third-order valence-corrected chi connectivity index (χ3v) is 4.22. The van der Waals surface area contributed by atoms with Crippen molar-refractivity contribution in [2.45, 2.75) is 59.7 Å². The minimum Gasteiger partial charge on any atom is -0.493 e. The van der Waals surface area contributed by atoms with Crippen LogP contribution in [0.15, 0.2) is 18.2 Å². The Hall–Kier alpha value is -2.28. The van der Waals surface area contributed by atoms with E-state index < -0.39 is 0 Å². The molecule has 1 aromatic carbocycles. The van der Waals surface area contributed by atoms with Crippen LogP contribution in [0, 0.1) is 0 Å². The number of carbonyl (C=O) groups excluding carboxylic acids is 2. The van der Waals surface area contributed by atoms with Crippen LogP contribution in [0.2, 0.25) is 0 Å². The average Bonchev–Trinajstić information content (AvgIpc) is 2.61. The van der Waals surface area contributed by atoms with Gasteiger partial charge in [0.05, 0.1) is 7.11 Å². The Morgan fingerprint density at radius 2 is 1.68 bits per heavy atom. The molecule has 1 aromatic rings. The van der Waals surface area contributed by atoms with Gasteiger partial charge in [-0.15, -0.1) is 0 Å². The first-order valence-electron chi connectivity index (χ1n) is 9.79. The molecule has 158 valence electrons. The molecule has 0 atom stereocenters. The maximum atomic E-state index is 12.4. The highest BCUT2D eigenvalue weighted by Crippen LogP contribution is 2.28. The minimum atomic E-state index is -0.210. The fourth-order valence-electron chi connectivity index (χ4n) is 2.95. The van der Waals surface area contributed by atoms with Gasteiger partial charge >= 0.3 is 0 Å². The molecule has 0 aliphatic heterocycles. The molecule has 0 aliphatic carbocycles. The van der Waals surface area contributed by atoms with Crippen LogP contribution in [-0.4, -0.2) is 61.6 Å². The summed E-state index contributed by atoms with van der Waals surface area (Å²) >= 11 is 0. The molecule has 0 unspecified atom stereocenters. The number of hydrogen-bond acceptors (Lipinski definition) is 5. The normalized spacial score (nSPS) is 11.2. The van der Waals surface area contributed by atoms with Crippen LogP contribution >= 0.6 is 0 Å². The van der Waals surface area contributed by atoms with Crippen LogP contribution in [-0.2, 0) is 4.79 Å². The van der Waals surface area contributed by atoms with E-state index in [2.05, 4.69) is 43.2 Å². The third kappa shape index (κ3) is 7.76. The first-order chi connectivity index (χ1) is 13.1. The van der Waals surface area contributed by atoms with Crippen LogP contribution in [0.1, 0.15) is 51.9 Å². The molecule has 0 fully saturated rings. The number of ether oxygens (including phenoxy) is 2. The van der Waals surface area contributed by atoms with E-state index in [0.29, 0.717) is 35.7 Å². The van der Waals surface area contributed by atoms with E-state index in [9.17, 15) is 9.59 Å². The molecule has 0 heterocycles. The van der Waals surface area contributed by atoms with Crippen LogP contribution in [0.4, 0.5) is 0 Å². The number of hydrogen-bond donors (Lipinski definition) is 2. The molecule has 7 heteroatoms. The highest BCUT2D eigenvalue weighted by Gasteiger charge is 2.15. The number of nitrogens with one attached hydrogen (secondary N) is 2. The van der Waals surface area contributed by atoms with Gasteiger partial charge < -0.3 is 20.1 Å². The number of rotatable bonds is 11. The zero-order valence-corrected chi connectivity index (χ0v) is 18.2. The summed E-state index contributed by atoms with van der Waals surface area (Å²) < 4.78 is 10.8. The summed E-state index contributed by atoms with van der Waals surface area (Å²) in [5, 5.41) is 5.70. The summed E-state index contributed by atoms with van der Waals surface area (Å²) in [7, 11) is 1.50. The lowest BCUT2D eigenvalue weighted by Gasteiger charge is -2.30. The molecule has 0 spiro atoms. The fraction of sp³-hybridized carbons (Fsp3) is 0.619. The second-order valence-electron chi connectivity index (χ2n) is 7.56. The standard InChI is InChI=1S/C21H35N3O4/c1-14(2)23-20(25)13-28-18-9-8-17(12-19(18)27-7)21(26)22-10-11-24(15(3)4)16(5)6/h8-9,12,14-16H,10-11,13H2,1-7H3,(H,22,26)(H,23,25). The molecule has 0 radical (unpaired) electrons. The summed E-state index contributed by atoms with van der Waals surface area (Å²) in [6.45, 7) is 13.6. The largest absolute Gasteiger partial charge is 0.493 e. The van der Waals surface area contributed by atoms with Crippen molar-refractivity contribution in [3.05, 3.63) is 23.8 Å². The molecule has 0 bridgehead atoms. The van der Waals surface area contributed by atoms with E-state index >= 15 is 0 Å². The van der Waals surface area contributed by atoms with Crippen molar-refractivity contribution in [1.82, 2.24) is 15.5 Å². The van der Waals surface area contributed by atoms with E-state index in [4.69, 9.17) is 9.47 Å². The summed E-state index contributed by atoms with van der Waals surface area (Å²) in [5.74, 6) is 0.452. The topological polar surface area (TPSA) is 79.9 Å². The first-order valence-corrected chi connectivity index (χ1v) is 9.79. The molecule has 0 saturated heterocycles. The van der Waals surface area contributed by atoms with Crippen molar-refractivity contribution >= 4 is 11.8 Å². The molecular formula is C21H35N3O4. The number of amides is 2. The number of carbonyl (C=O) groups is 2. The second-order valence-corrected chi connectivity index (χ2v) is 7.56. The van der Waals surface area contributed by atoms with Crippen LogP contribution in [0.5, 0.6) is 11.5 Å². The molecule has 2 amide bonds. The van der Waals surface area contributed by atoms with Gasteiger partial charge in [0.2, 0.25) is 0 Å². The van der Waals surface area contributed by atoms with Gasteiger partial charge in [-0.3, -0.25) is 14.5 Å². The number of methoxy groups -OCH3 is 1. The third-order valence-electron chi connectivity index (χ3n) is 4.22. The Balaban J connectivity index is 2.66. The molecular weight excluding hydrogens is 358 g/mol. The van der Waals surface area contributed by atoms with Crippen molar-refractivity contribution in [3.63, 3.8) is 0 Å². The van der Waals surface area contributed by atoms with E-state index in [-0.39, 0.29) is 24.5 Å². The van der Waals surface area contributed by atoms with Gasteiger partial charge in [0.1, 0.15) is 0 Å². The maximum absolute atomic E-state index is 12.4. The molecule has 2 N–H and O–H groups in total. The van der Waals surface area contributed by atoms with Crippen molar-refractivity contribution in [1.29, 1.82) is 0 Å². The van der Waals surface area contributed by atoms with E-state index in [1.165, 1.54) is 7.11 Å². The molecule has 0 aliphatic rings. The number of benzene rings is 1. The SMILES string of the molecule is COc1cc(C(=O)NCCN(C(C)C)C(C)C)ccc1OCC(=O)NC(C)C. The summed E-state index contributed by atoms with van der Waals surface area (Å²) in [6, 6.07) is 5.81. The predicted octanol–water partition coefficient (Wildman–Crippen LogP) is 2.45. The lowest BCUT2D eigenvalue weighted by molar-refractivity contribution is -0.123. The van der Waals surface area contributed by atoms with Gasteiger partial charge in [-0.05, 0) is 59.7 Å². The molecule has 7 nitrogen and oxygen atoms in total. The van der Waals surface area contributed by atoms with Crippen molar-refractivity contribution in [2.24, 2.45) is 0 Å². The first kappa shape index (κ1) is 23.8. The predicted molar refractivity (Wildman–Crippen MR) is 111 cm³/mol. The number of nitrogens with zero attached hydrogens (tertiary/aromatic N) is 1. The van der Waals surface area contributed by atoms with Crippen molar-refractivity contribution in [2.75, 3.05) is 26.8 Å². The van der Waals surface area contributed by atoms with Gasteiger partial charge in [0.15, 0.2) is 18.1 Å². The Labute approximate surface area is 168 Å². The molecule has 0 aromatic heterocycles. The maximum Gasteiger partial charge on any atom is 0.258 e. The monoisotopic (exact) mass is 393 g/mol.